The van der Waals surface area contributed by atoms with E-state index in [4.69, 9.17) is 27.5 Å². The molecule has 3 rings (SSSR count). The fourth-order valence-electron chi connectivity index (χ4n) is 3.40. The summed E-state index contributed by atoms with van der Waals surface area (Å²) in [6, 6.07) is 6.46. The number of halogens is 1. The molecule has 2 amide bonds. The van der Waals surface area contributed by atoms with Crippen LogP contribution in [0.2, 0.25) is 5.02 Å². The van der Waals surface area contributed by atoms with E-state index in [0.717, 1.165) is 11.8 Å². The van der Waals surface area contributed by atoms with Gasteiger partial charge in [0.05, 0.1) is 11.3 Å². The highest BCUT2D eigenvalue weighted by Crippen LogP contribution is 2.24. The van der Waals surface area contributed by atoms with E-state index >= 15 is 0 Å². The fourth-order valence-corrected chi connectivity index (χ4v) is 3.53. The van der Waals surface area contributed by atoms with Crippen molar-refractivity contribution in [2.24, 2.45) is 16.5 Å². The first-order chi connectivity index (χ1) is 16.9. The van der Waals surface area contributed by atoms with Gasteiger partial charge in [0.2, 0.25) is 11.8 Å². The molecule has 0 radical (unpaired) electrons. The average molecular weight is 505 g/mol. The number of rotatable bonds is 6. The monoisotopic (exact) mass is 504 g/mol. The third-order valence-electron chi connectivity index (χ3n) is 5.24. The van der Waals surface area contributed by atoms with Gasteiger partial charge in [0.25, 0.3) is 0 Å². The third kappa shape index (κ3) is 9.18. The molecule has 2 aliphatic rings. The van der Waals surface area contributed by atoms with Crippen molar-refractivity contribution in [3.8, 4) is 0 Å². The number of likely N-dealkylation sites (tertiary alicyclic amines) is 1. The molecule has 9 nitrogen and oxygen atoms in total. The molecule has 1 unspecified atom stereocenters. The fraction of sp³-hybridized carbons (Fsp3) is 0.440. The SMILES string of the molecule is CC.CC(=O)N1CCC(OC2=CC(C(=O)NCc3ccc(Cl)cc3)N=C/C2=C(/N)C=N)CC1.CN. The third-order valence-corrected chi connectivity index (χ3v) is 5.49. The topological polar surface area (TPSA) is 147 Å². The number of carbonyl (C=O) groups excluding carboxylic acids is 2. The van der Waals surface area contributed by atoms with Gasteiger partial charge in [-0.25, -0.2) is 0 Å². The Kier molecular flexibility index (Phi) is 13.4. The van der Waals surface area contributed by atoms with Crippen molar-refractivity contribution >= 4 is 35.8 Å². The maximum atomic E-state index is 12.7. The lowest BCUT2D eigenvalue weighted by atomic mass is 10.0. The smallest absolute Gasteiger partial charge is 0.249 e. The van der Waals surface area contributed by atoms with Crippen LogP contribution in [0.4, 0.5) is 0 Å². The van der Waals surface area contributed by atoms with Crippen LogP contribution in [-0.2, 0) is 20.9 Å². The molecule has 2 heterocycles. The number of dihydropyridines is 1. The first-order valence-electron chi connectivity index (χ1n) is 11.6. The van der Waals surface area contributed by atoms with Crippen LogP contribution in [0.3, 0.4) is 0 Å². The second-order valence-electron chi connectivity index (χ2n) is 7.43. The maximum Gasteiger partial charge on any atom is 0.249 e. The van der Waals surface area contributed by atoms with Gasteiger partial charge in [0.1, 0.15) is 11.9 Å². The van der Waals surface area contributed by atoms with Gasteiger partial charge in [-0.1, -0.05) is 37.6 Å². The van der Waals surface area contributed by atoms with Gasteiger partial charge in [-0.15, -0.1) is 0 Å². The zero-order chi connectivity index (χ0) is 26.4. The normalized spacial score (nSPS) is 18.6. The largest absolute Gasteiger partial charge is 0.490 e. The number of nitrogens with two attached hydrogens (primary N) is 2. The molecule has 0 aromatic heterocycles. The summed E-state index contributed by atoms with van der Waals surface area (Å²) in [4.78, 5) is 30.2. The van der Waals surface area contributed by atoms with Crippen LogP contribution in [0.15, 0.2) is 52.4 Å². The lowest BCUT2D eigenvalue weighted by Gasteiger charge is -2.33. The number of carbonyl (C=O) groups is 2. The summed E-state index contributed by atoms with van der Waals surface area (Å²) < 4.78 is 6.15. The average Bonchev–Trinajstić information content (AvgIpc) is 2.90. The molecule has 1 saturated heterocycles. The predicted octanol–water partition coefficient (Wildman–Crippen LogP) is 2.78. The summed E-state index contributed by atoms with van der Waals surface area (Å²) >= 11 is 5.89. The molecule has 35 heavy (non-hydrogen) atoms. The highest BCUT2D eigenvalue weighted by Gasteiger charge is 2.27. The van der Waals surface area contributed by atoms with Crippen molar-refractivity contribution in [3.63, 3.8) is 0 Å². The maximum absolute atomic E-state index is 12.7. The van der Waals surface area contributed by atoms with Gasteiger partial charge < -0.3 is 31.8 Å². The lowest BCUT2D eigenvalue weighted by molar-refractivity contribution is -0.131. The number of amides is 2. The minimum atomic E-state index is -0.762. The number of hydrogen-bond donors (Lipinski definition) is 4. The number of hydrogen-bond acceptors (Lipinski definition) is 7. The molecule has 0 spiro atoms. The van der Waals surface area contributed by atoms with Gasteiger partial charge in [0.15, 0.2) is 6.04 Å². The molecular formula is C25H37ClN6O3. The van der Waals surface area contributed by atoms with Crippen LogP contribution in [0.25, 0.3) is 0 Å². The molecule has 1 fully saturated rings. The highest BCUT2D eigenvalue weighted by molar-refractivity contribution is 6.30. The molecule has 1 aromatic rings. The van der Waals surface area contributed by atoms with E-state index in [1.807, 2.05) is 26.0 Å². The van der Waals surface area contributed by atoms with Crippen LogP contribution in [0, 0.1) is 5.41 Å². The van der Waals surface area contributed by atoms with Crippen molar-refractivity contribution in [2.75, 3.05) is 20.1 Å². The quantitative estimate of drug-likeness (QED) is 0.440. The van der Waals surface area contributed by atoms with Crippen molar-refractivity contribution in [2.45, 2.75) is 52.3 Å². The number of benzene rings is 1. The molecule has 6 N–H and O–H groups in total. The molecule has 192 valence electrons. The van der Waals surface area contributed by atoms with E-state index in [1.165, 1.54) is 13.3 Å². The van der Waals surface area contributed by atoms with Crippen molar-refractivity contribution in [1.29, 1.82) is 5.41 Å². The zero-order valence-corrected chi connectivity index (χ0v) is 21.6. The molecule has 1 aromatic carbocycles. The number of nitrogens with one attached hydrogen (secondary N) is 2. The molecular weight excluding hydrogens is 468 g/mol. The number of aliphatic imine (C=N–C) groups is 1. The standard InChI is InChI=1S/C22H26ClN5O3.C2H6.CH5N/c1-14(29)28-8-6-17(7-9-28)31-21-10-20(26-13-18(21)19(25)11-24)22(30)27-12-15-2-4-16(23)5-3-15;2*1-2/h2-5,10-11,13,17,20,24H,6-9,12,25H2,1H3,(H,27,30);1-2H3;2H2,1H3/b19-18-,24-11?;;. The molecule has 0 aliphatic carbocycles. The molecule has 2 aliphatic heterocycles. The van der Waals surface area contributed by atoms with E-state index in [1.54, 1.807) is 30.0 Å². The van der Waals surface area contributed by atoms with E-state index < -0.39 is 6.04 Å². The second-order valence-corrected chi connectivity index (χ2v) is 7.87. The Morgan fingerprint density at radius 3 is 2.37 bits per heavy atom. The Hall–Kier alpha value is -3.17. The summed E-state index contributed by atoms with van der Waals surface area (Å²) in [6.07, 6.45) is 5.38. The minimum Gasteiger partial charge on any atom is -0.490 e. The van der Waals surface area contributed by atoms with E-state index in [9.17, 15) is 9.59 Å². The summed E-state index contributed by atoms with van der Waals surface area (Å²) in [5.74, 6) is 0.212. The Morgan fingerprint density at radius 2 is 1.83 bits per heavy atom. The molecule has 0 bridgehead atoms. The Morgan fingerprint density at radius 1 is 1.23 bits per heavy atom. The van der Waals surface area contributed by atoms with Crippen LogP contribution in [0.1, 0.15) is 39.2 Å². The second kappa shape index (κ2) is 15.7. The van der Waals surface area contributed by atoms with Crippen molar-refractivity contribution in [1.82, 2.24) is 10.2 Å². The first kappa shape index (κ1) is 29.9. The molecule has 10 heteroatoms. The number of piperidine rings is 1. The summed E-state index contributed by atoms with van der Waals surface area (Å²) in [5.41, 5.74) is 12.0. The van der Waals surface area contributed by atoms with Crippen LogP contribution >= 0.6 is 11.6 Å². The lowest BCUT2D eigenvalue weighted by Crippen LogP contribution is -2.40. The summed E-state index contributed by atoms with van der Waals surface area (Å²) in [5, 5.41) is 10.9. The number of ether oxygens (including phenoxy) is 1. The number of allylic oxidation sites excluding steroid dienone is 2. The number of nitrogens with zero attached hydrogens (tertiary/aromatic N) is 2. The summed E-state index contributed by atoms with van der Waals surface area (Å²) in [7, 11) is 1.50. The van der Waals surface area contributed by atoms with Gasteiger partial charge in [-0.05, 0) is 30.8 Å². The van der Waals surface area contributed by atoms with E-state index in [2.05, 4.69) is 16.0 Å². The van der Waals surface area contributed by atoms with Gasteiger partial charge in [0, 0.05) is 56.9 Å². The highest BCUT2D eigenvalue weighted by atomic mass is 35.5. The van der Waals surface area contributed by atoms with Crippen molar-refractivity contribution in [3.05, 3.63) is 58.0 Å². The van der Waals surface area contributed by atoms with E-state index in [0.29, 0.717) is 48.8 Å². The Balaban J connectivity index is 0.00000145. The van der Waals surface area contributed by atoms with E-state index in [-0.39, 0.29) is 23.6 Å². The Bertz CT molecular complexity index is 935. The molecule has 0 saturated carbocycles. The van der Waals surface area contributed by atoms with Gasteiger partial charge in [-0.3, -0.25) is 14.6 Å². The zero-order valence-electron chi connectivity index (χ0n) is 20.9. The molecule has 1 atom stereocenters. The Labute approximate surface area is 212 Å². The summed E-state index contributed by atoms with van der Waals surface area (Å²) in [6.45, 7) is 7.14. The van der Waals surface area contributed by atoms with Crippen LogP contribution in [0.5, 0.6) is 0 Å². The van der Waals surface area contributed by atoms with Gasteiger partial charge in [-0.2, -0.15) is 0 Å². The van der Waals surface area contributed by atoms with Crippen molar-refractivity contribution < 1.29 is 14.3 Å². The van der Waals surface area contributed by atoms with Crippen LogP contribution in [-0.4, -0.2) is 61.4 Å². The predicted molar refractivity (Wildman–Crippen MR) is 141 cm³/mol. The first-order valence-corrected chi connectivity index (χ1v) is 12.0. The van der Waals surface area contributed by atoms with Crippen LogP contribution < -0.4 is 16.8 Å². The minimum absolute atomic E-state index is 0.0496. The van der Waals surface area contributed by atoms with Gasteiger partial charge >= 0.3 is 0 Å².